The van der Waals surface area contributed by atoms with Crippen LogP contribution in [0.3, 0.4) is 0 Å². The number of sulfonamides is 1. The third-order valence-corrected chi connectivity index (χ3v) is 7.66. The molecule has 2 amide bonds. The fraction of sp³-hybridized carbons (Fsp3) is 0.320. The first-order valence-electron chi connectivity index (χ1n) is 11.1. The average molecular weight is 498 g/mol. The Kier molecular flexibility index (Phi) is 7.76. The number of benzene rings is 2. The average Bonchev–Trinajstić information content (AvgIpc) is 3.07. The van der Waals surface area contributed by atoms with Crippen molar-refractivity contribution in [2.75, 3.05) is 26.0 Å². The molecule has 186 valence electrons. The topological polar surface area (TPSA) is 105 Å². The van der Waals surface area contributed by atoms with Crippen LogP contribution in [0.2, 0.25) is 0 Å². The summed E-state index contributed by atoms with van der Waals surface area (Å²) in [5.74, 6) is -0.588. The van der Waals surface area contributed by atoms with Crippen molar-refractivity contribution in [3.63, 3.8) is 0 Å². The predicted octanol–water partition coefficient (Wildman–Crippen LogP) is 3.04. The molecule has 0 radical (unpaired) electrons. The molecule has 0 saturated carbocycles. The Bertz CT molecular complexity index is 1350. The molecule has 0 aliphatic rings. The van der Waals surface area contributed by atoms with Crippen LogP contribution in [-0.4, -0.2) is 59.9 Å². The Morgan fingerprint density at radius 1 is 1.00 bits per heavy atom. The van der Waals surface area contributed by atoms with Crippen LogP contribution in [0.5, 0.6) is 0 Å². The summed E-state index contributed by atoms with van der Waals surface area (Å²) < 4.78 is 28.8. The van der Waals surface area contributed by atoms with Crippen molar-refractivity contribution in [3.8, 4) is 5.69 Å². The lowest BCUT2D eigenvalue weighted by molar-refractivity contribution is -0.130. The van der Waals surface area contributed by atoms with E-state index >= 15 is 0 Å². The second kappa shape index (κ2) is 10.4. The van der Waals surface area contributed by atoms with Gasteiger partial charge in [0.2, 0.25) is 21.8 Å². The Morgan fingerprint density at radius 2 is 1.63 bits per heavy atom. The Morgan fingerprint density at radius 3 is 2.23 bits per heavy atom. The fourth-order valence-electron chi connectivity index (χ4n) is 3.75. The zero-order valence-corrected chi connectivity index (χ0v) is 21.7. The first-order valence-corrected chi connectivity index (χ1v) is 12.5. The number of carbonyl (C=O) groups is 2. The SMILES string of the molecule is CC(=O)Nc1ccc(S(=O)(=O)N(C)CC(=O)N(C)Cc2c(C)nn(-c3ccccc3C)c2C)cc1. The molecule has 0 bridgehead atoms. The molecule has 0 aliphatic heterocycles. The molecule has 0 unspecified atom stereocenters. The van der Waals surface area contributed by atoms with E-state index in [0.717, 1.165) is 32.5 Å². The van der Waals surface area contributed by atoms with Crippen molar-refractivity contribution in [2.45, 2.75) is 39.1 Å². The van der Waals surface area contributed by atoms with Gasteiger partial charge in [-0.25, -0.2) is 13.1 Å². The highest BCUT2D eigenvalue weighted by Gasteiger charge is 2.25. The van der Waals surface area contributed by atoms with Crippen LogP contribution in [0.4, 0.5) is 5.69 Å². The number of nitrogens with one attached hydrogen (secondary N) is 1. The molecule has 0 aliphatic carbocycles. The standard InChI is InChI=1S/C25H31N5O4S/c1-17-9-7-8-10-24(17)30-19(3)23(18(2)27-30)15-28(5)25(32)16-29(6)35(33,34)22-13-11-21(12-14-22)26-20(4)31/h7-14H,15-16H2,1-6H3,(H,26,31). The molecule has 9 nitrogen and oxygen atoms in total. The van der Waals surface area contributed by atoms with E-state index in [1.54, 1.807) is 7.05 Å². The zero-order chi connectivity index (χ0) is 25.9. The number of hydrogen-bond donors (Lipinski definition) is 1. The van der Waals surface area contributed by atoms with Crippen LogP contribution < -0.4 is 5.32 Å². The number of nitrogens with zero attached hydrogens (tertiary/aromatic N) is 4. The van der Waals surface area contributed by atoms with E-state index in [0.29, 0.717) is 12.2 Å². The number of hydrogen-bond acceptors (Lipinski definition) is 5. The number of anilines is 1. The van der Waals surface area contributed by atoms with Crippen LogP contribution in [-0.2, 0) is 26.2 Å². The summed E-state index contributed by atoms with van der Waals surface area (Å²) >= 11 is 0. The van der Waals surface area contributed by atoms with Gasteiger partial charge in [-0.2, -0.15) is 9.40 Å². The van der Waals surface area contributed by atoms with Crippen molar-refractivity contribution < 1.29 is 18.0 Å². The van der Waals surface area contributed by atoms with Crippen LogP contribution >= 0.6 is 0 Å². The number of para-hydroxylation sites is 1. The third-order valence-electron chi connectivity index (χ3n) is 5.85. The van der Waals surface area contributed by atoms with E-state index in [2.05, 4.69) is 10.4 Å². The molecule has 35 heavy (non-hydrogen) atoms. The van der Waals surface area contributed by atoms with Gasteiger partial charge in [0.05, 0.1) is 22.8 Å². The molecule has 1 heterocycles. The molecular formula is C25H31N5O4S. The Hall–Kier alpha value is -3.50. The van der Waals surface area contributed by atoms with E-state index in [-0.39, 0.29) is 23.3 Å². The summed E-state index contributed by atoms with van der Waals surface area (Å²) in [6.07, 6.45) is 0. The van der Waals surface area contributed by atoms with Gasteiger partial charge >= 0.3 is 0 Å². The lowest BCUT2D eigenvalue weighted by Gasteiger charge is -2.22. The minimum atomic E-state index is -3.88. The zero-order valence-electron chi connectivity index (χ0n) is 20.9. The first kappa shape index (κ1) is 26.1. The van der Waals surface area contributed by atoms with Gasteiger partial charge in [0.15, 0.2) is 0 Å². The smallest absolute Gasteiger partial charge is 0.243 e. The maximum absolute atomic E-state index is 12.9. The van der Waals surface area contributed by atoms with Gasteiger partial charge in [0, 0.05) is 44.5 Å². The van der Waals surface area contributed by atoms with Gasteiger partial charge in [-0.3, -0.25) is 9.59 Å². The molecule has 3 aromatic rings. The highest BCUT2D eigenvalue weighted by Crippen LogP contribution is 2.22. The molecule has 1 aromatic heterocycles. The van der Waals surface area contributed by atoms with Gasteiger partial charge in [-0.1, -0.05) is 18.2 Å². The third kappa shape index (κ3) is 5.77. The van der Waals surface area contributed by atoms with Gasteiger partial charge in [0.1, 0.15) is 0 Å². The highest BCUT2D eigenvalue weighted by atomic mass is 32.2. The summed E-state index contributed by atoms with van der Waals surface area (Å²) in [7, 11) is -0.864. The van der Waals surface area contributed by atoms with Gasteiger partial charge in [0.25, 0.3) is 0 Å². The summed E-state index contributed by atoms with van der Waals surface area (Å²) in [6.45, 7) is 7.25. The van der Waals surface area contributed by atoms with Crippen LogP contribution in [0.1, 0.15) is 29.4 Å². The van der Waals surface area contributed by atoms with Crippen molar-refractivity contribution >= 4 is 27.5 Å². The van der Waals surface area contributed by atoms with Gasteiger partial charge in [-0.15, -0.1) is 0 Å². The summed E-state index contributed by atoms with van der Waals surface area (Å²) in [4.78, 5) is 25.6. The van der Waals surface area contributed by atoms with Gasteiger partial charge < -0.3 is 10.2 Å². The number of amides is 2. The maximum Gasteiger partial charge on any atom is 0.243 e. The van der Waals surface area contributed by atoms with Crippen LogP contribution in [0, 0.1) is 20.8 Å². The molecular weight excluding hydrogens is 466 g/mol. The number of likely N-dealkylation sites (N-methyl/N-ethyl adjacent to an activating group) is 2. The maximum atomic E-state index is 12.9. The minimum absolute atomic E-state index is 0.0377. The normalized spacial score (nSPS) is 11.5. The van der Waals surface area contributed by atoms with Crippen molar-refractivity contribution in [1.29, 1.82) is 0 Å². The Balaban J connectivity index is 1.72. The summed E-state index contributed by atoms with van der Waals surface area (Å²) in [6, 6.07) is 13.8. The fourth-order valence-corrected chi connectivity index (χ4v) is 4.87. The second-order valence-corrected chi connectivity index (χ2v) is 10.6. The number of aromatic nitrogens is 2. The lowest BCUT2D eigenvalue weighted by atomic mass is 10.1. The highest BCUT2D eigenvalue weighted by molar-refractivity contribution is 7.89. The van der Waals surface area contributed by atoms with E-state index in [4.69, 9.17) is 0 Å². The summed E-state index contributed by atoms with van der Waals surface area (Å²) in [5.41, 5.74) is 5.21. The molecule has 0 spiro atoms. The van der Waals surface area contributed by atoms with Gasteiger partial charge in [-0.05, 0) is 56.7 Å². The number of carbonyl (C=O) groups excluding carboxylic acids is 2. The molecule has 0 atom stereocenters. The lowest BCUT2D eigenvalue weighted by Crippen LogP contribution is -2.39. The first-order chi connectivity index (χ1) is 16.4. The van der Waals surface area contributed by atoms with Crippen molar-refractivity contribution in [2.24, 2.45) is 0 Å². The van der Waals surface area contributed by atoms with E-state index in [9.17, 15) is 18.0 Å². The van der Waals surface area contributed by atoms with E-state index < -0.39 is 10.0 Å². The number of rotatable bonds is 8. The molecule has 1 N–H and O–H groups in total. The molecule has 0 saturated heterocycles. The minimum Gasteiger partial charge on any atom is -0.340 e. The van der Waals surface area contributed by atoms with Crippen LogP contribution in [0.15, 0.2) is 53.4 Å². The molecule has 3 rings (SSSR count). The monoisotopic (exact) mass is 497 g/mol. The second-order valence-electron chi connectivity index (χ2n) is 8.56. The molecule has 0 fully saturated rings. The summed E-state index contributed by atoms with van der Waals surface area (Å²) in [5, 5.41) is 7.26. The van der Waals surface area contributed by atoms with Crippen molar-refractivity contribution in [3.05, 3.63) is 71.0 Å². The van der Waals surface area contributed by atoms with E-state index in [1.807, 2.05) is 49.7 Å². The van der Waals surface area contributed by atoms with Crippen LogP contribution in [0.25, 0.3) is 5.69 Å². The molecule has 2 aromatic carbocycles. The Labute approximate surface area is 206 Å². The predicted molar refractivity (Wildman–Crippen MR) is 135 cm³/mol. The quantitative estimate of drug-likeness (QED) is 0.515. The number of aryl methyl sites for hydroxylation is 2. The van der Waals surface area contributed by atoms with Crippen molar-refractivity contribution in [1.82, 2.24) is 19.0 Å². The largest absolute Gasteiger partial charge is 0.340 e. The molecule has 10 heteroatoms. The van der Waals surface area contributed by atoms with E-state index in [1.165, 1.54) is 43.1 Å².